The fraction of sp³-hybridized carbons (Fsp3) is 0.235. The molecule has 124 valence electrons. The number of rotatable bonds is 6. The van der Waals surface area contributed by atoms with Gasteiger partial charge in [0.2, 0.25) is 0 Å². The number of aromatic amines is 1. The highest BCUT2D eigenvalue weighted by molar-refractivity contribution is 5.42. The molecule has 0 bridgehead atoms. The third kappa shape index (κ3) is 3.19. The SMILES string of the molecule is COc1nccc(C[C@@H](c2cnc[nH]2)c2cccc(F)c2OC)n1. The molecule has 0 amide bonds. The van der Waals surface area contributed by atoms with Crippen LogP contribution < -0.4 is 9.47 Å². The topological polar surface area (TPSA) is 72.9 Å². The monoisotopic (exact) mass is 328 g/mol. The first-order valence-corrected chi connectivity index (χ1v) is 7.39. The van der Waals surface area contributed by atoms with Crippen LogP contribution >= 0.6 is 0 Å². The van der Waals surface area contributed by atoms with Gasteiger partial charge in [0, 0.05) is 41.7 Å². The van der Waals surface area contributed by atoms with Gasteiger partial charge in [0.25, 0.3) is 0 Å². The van der Waals surface area contributed by atoms with Gasteiger partial charge in [0.1, 0.15) is 0 Å². The quantitative estimate of drug-likeness (QED) is 0.753. The number of nitrogens with one attached hydrogen (secondary N) is 1. The van der Waals surface area contributed by atoms with Crippen molar-refractivity contribution in [2.45, 2.75) is 12.3 Å². The molecule has 3 rings (SSSR count). The van der Waals surface area contributed by atoms with E-state index in [-0.39, 0.29) is 11.7 Å². The van der Waals surface area contributed by atoms with Crippen LogP contribution in [0.15, 0.2) is 43.0 Å². The number of benzene rings is 1. The fourth-order valence-corrected chi connectivity index (χ4v) is 2.66. The average molecular weight is 328 g/mol. The zero-order valence-corrected chi connectivity index (χ0v) is 13.4. The van der Waals surface area contributed by atoms with Crippen molar-refractivity contribution < 1.29 is 13.9 Å². The lowest BCUT2D eigenvalue weighted by Gasteiger charge is -2.19. The normalized spacial score (nSPS) is 12.0. The lowest BCUT2D eigenvalue weighted by atomic mass is 9.90. The summed E-state index contributed by atoms with van der Waals surface area (Å²) in [5.74, 6) is -0.379. The predicted octanol–water partition coefficient (Wildman–Crippen LogP) is 2.73. The van der Waals surface area contributed by atoms with Crippen LogP contribution in [0.2, 0.25) is 0 Å². The smallest absolute Gasteiger partial charge is 0.316 e. The van der Waals surface area contributed by atoms with Gasteiger partial charge in [-0.25, -0.2) is 19.3 Å². The molecule has 0 aliphatic heterocycles. The Kier molecular flexibility index (Phi) is 4.69. The Bertz CT molecular complexity index is 808. The third-order valence-corrected chi connectivity index (χ3v) is 3.76. The van der Waals surface area contributed by atoms with Gasteiger partial charge in [-0.3, -0.25) is 0 Å². The second kappa shape index (κ2) is 7.08. The number of H-pyrrole nitrogens is 1. The van der Waals surface area contributed by atoms with Crippen LogP contribution in [0.1, 0.15) is 22.9 Å². The molecular formula is C17H17FN4O2. The molecule has 0 radical (unpaired) electrons. The minimum absolute atomic E-state index is 0.197. The first kappa shape index (κ1) is 15.9. The summed E-state index contributed by atoms with van der Waals surface area (Å²) in [5.41, 5.74) is 2.34. The second-order valence-corrected chi connectivity index (χ2v) is 5.16. The van der Waals surface area contributed by atoms with Gasteiger partial charge in [-0.05, 0) is 12.1 Å². The van der Waals surface area contributed by atoms with Crippen molar-refractivity contribution in [3.05, 3.63) is 65.8 Å². The maximum absolute atomic E-state index is 14.1. The number of methoxy groups -OCH3 is 2. The molecule has 0 fully saturated rings. The Morgan fingerprint density at radius 3 is 2.79 bits per heavy atom. The zero-order chi connectivity index (χ0) is 16.9. The Balaban J connectivity index is 2.03. The third-order valence-electron chi connectivity index (χ3n) is 3.76. The van der Waals surface area contributed by atoms with E-state index >= 15 is 0 Å². The molecule has 7 heteroatoms. The van der Waals surface area contributed by atoms with Crippen LogP contribution in [-0.2, 0) is 6.42 Å². The molecular weight excluding hydrogens is 311 g/mol. The summed E-state index contributed by atoms with van der Waals surface area (Å²) in [5, 5.41) is 0. The Hall–Kier alpha value is -2.96. The van der Waals surface area contributed by atoms with E-state index in [1.165, 1.54) is 20.3 Å². The lowest BCUT2D eigenvalue weighted by molar-refractivity contribution is 0.375. The van der Waals surface area contributed by atoms with Gasteiger partial charge < -0.3 is 14.5 Å². The average Bonchev–Trinajstić information content (AvgIpc) is 3.14. The van der Waals surface area contributed by atoms with Crippen molar-refractivity contribution in [1.29, 1.82) is 0 Å². The van der Waals surface area contributed by atoms with Crippen LogP contribution in [-0.4, -0.2) is 34.2 Å². The van der Waals surface area contributed by atoms with Crippen molar-refractivity contribution in [3.63, 3.8) is 0 Å². The van der Waals surface area contributed by atoms with E-state index in [0.29, 0.717) is 12.4 Å². The molecule has 0 aliphatic carbocycles. The first-order valence-electron chi connectivity index (χ1n) is 7.39. The number of hydrogen-bond donors (Lipinski definition) is 1. The van der Waals surface area contributed by atoms with Crippen LogP contribution in [0.3, 0.4) is 0 Å². The van der Waals surface area contributed by atoms with Gasteiger partial charge in [0.15, 0.2) is 11.6 Å². The van der Waals surface area contributed by atoms with Crippen molar-refractivity contribution in [2.24, 2.45) is 0 Å². The molecule has 3 aromatic rings. The second-order valence-electron chi connectivity index (χ2n) is 5.16. The lowest BCUT2D eigenvalue weighted by Crippen LogP contribution is -2.10. The maximum Gasteiger partial charge on any atom is 0.316 e. The summed E-state index contributed by atoms with van der Waals surface area (Å²) >= 11 is 0. The van der Waals surface area contributed by atoms with Crippen LogP contribution in [0.4, 0.5) is 4.39 Å². The van der Waals surface area contributed by atoms with Crippen molar-refractivity contribution >= 4 is 0 Å². The number of nitrogens with zero attached hydrogens (tertiary/aromatic N) is 3. The highest BCUT2D eigenvalue weighted by Gasteiger charge is 2.23. The highest BCUT2D eigenvalue weighted by Crippen LogP contribution is 2.35. The van der Waals surface area contributed by atoms with Gasteiger partial charge in [0.05, 0.1) is 20.5 Å². The van der Waals surface area contributed by atoms with Crippen LogP contribution in [0.25, 0.3) is 0 Å². The molecule has 0 saturated carbocycles. The Morgan fingerprint density at radius 2 is 2.08 bits per heavy atom. The summed E-state index contributed by atoms with van der Waals surface area (Å²) in [6, 6.07) is 6.97. The van der Waals surface area contributed by atoms with Crippen LogP contribution in [0, 0.1) is 5.82 Å². The maximum atomic E-state index is 14.1. The molecule has 2 heterocycles. The first-order chi connectivity index (χ1) is 11.7. The van der Waals surface area contributed by atoms with Gasteiger partial charge in [-0.15, -0.1) is 0 Å². The Labute approximate surface area is 138 Å². The summed E-state index contributed by atoms with van der Waals surface area (Å²) < 4.78 is 24.5. The zero-order valence-electron chi connectivity index (χ0n) is 13.4. The summed E-state index contributed by atoms with van der Waals surface area (Å²) in [6.07, 6.45) is 5.46. The standard InChI is InChI=1S/C17H17FN4O2/c1-23-16-12(4-3-5-14(16)18)13(15-9-19-10-21-15)8-11-6-7-20-17(22-11)24-2/h3-7,9-10,13H,8H2,1-2H3,(H,19,21)/t13-/m1/s1. The van der Waals surface area contributed by atoms with E-state index in [2.05, 4.69) is 19.9 Å². The summed E-state index contributed by atoms with van der Waals surface area (Å²) in [7, 11) is 2.97. The van der Waals surface area contributed by atoms with Gasteiger partial charge in [-0.2, -0.15) is 0 Å². The number of hydrogen-bond acceptors (Lipinski definition) is 5. The largest absolute Gasteiger partial charge is 0.493 e. The molecule has 0 unspecified atom stereocenters. The van der Waals surface area contributed by atoms with E-state index in [1.54, 1.807) is 30.9 Å². The van der Waals surface area contributed by atoms with E-state index in [4.69, 9.17) is 9.47 Å². The van der Waals surface area contributed by atoms with E-state index < -0.39 is 5.82 Å². The summed E-state index contributed by atoms with van der Waals surface area (Å²) in [4.78, 5) is 15.5. The van der Waals surface area contributed by atoms with Gasteiger partial charge >= 0.3 is 6.01 Å². The molecule has 6 nitrogen and oxygen atoms in total. The number of aromatic nitrogens is 4. The minimum atomic E-state index is -0.403. The molecule has 1 atom stereocenters. The summed E-state index contributed by atoms with van der Waals surface area (Å²) in [6.45, 7) is 0. The molecule has 0 spiro atoms. The molecule has 24 heavy (non-hydrogen) atoms. The fourth-order valence-electron chi connectivity index (χ4n) is 2.66. The predicted molar refractivity (Wildman–Crippen MR) is 85.7 cm³/mol. The number of ether oxygens (including phenoxy) is 2. The number of imidazole rings is 1. The van der Waals surface area contributed by atoms with E-state index in [9.17, 15) is 4.39 Å². The molecule has 0 aliphatic rings. The van der Waals surface area contributed by atoms with Crippen molar-refractivity contribution in [3.8, 4) is 11.8 Å². The highest BCUT2D eigenvalue weighted by atomic mass is 19.1. The van der Waals surface area contributed by atoms with Crippen molar-refractivity contribution in [1.82, 2.24) is 19.9 Å². The van der Waals surface area contributed by atoms with E-state index in [0.717, 1.165) is 17.0 Å². The van der Waals surface area contributed by atoms with Crippen LogP contribution in [0.5, 0.6) is 11.8 Å². The van der Waals surface area contributed by atoms with Crippen molar-refractivity contribution in [2.75, 3.05) is 14.2 Å². The van der Waals surface area contributed by atoms with Gasteiger partial charge in [-0.1, -0.05) is 12.1 Å². The molecule has 1 N–H and O–H groups in total. The van der Waals surface area contributed by atoms with E-state index in [1.807, 2.05) is 6.07 Å². The number of para-hydroxylation sites is 1. The molecule has 0 saturated heterocycles. The molecule has 1 aromatic carbocycles. The molecule has 2 aromatic heterocycles. The Morgan fingerprint density at radius 1 is 1.21 bits per heavy atom. The minimum Gasteiger partial charge on any atom is -0.493 e. The number of halogens is 1.